The Balaban J connectivity index is 1.58. The van der Waals surface area contributed by atoms with E-state index in [4.69, 9.17) is 0 Å². The van der Waals surface area contributed by atoms with Crippen LogP contribution in [0, 0.1) is 40.4 Å². The van der Waals surface area contributed by atoms with Crippen molar-refractivity contribution in [3.63, 3.8) is 0 Å². The van der Waals surface area contributed by atoms with E-state index < -0.39 is 0 Å². The first-order valence-corrected chi connectivity index (χ1v) is 12.8. The normalized spacial score (nSPS) is 40.5. The fourth-order valence-corrected chi connectivity index (χ4v) is 8.41. The van der Waals surface area contributed by atoms with E-state index in [2.05, 4.69) is 47.8 Å². The number of fused-ring (bicyclic) bond motifs is 4. The van der Waals surface area contributed by atoms with Gasteiger partial charge in [0.15, 0.2) is 0 Å². The van der Waals surface area contributed by atoms with Gasteiger partial charge in [-0.3, -0.25) is 0 Å². The summed E-state index contributed by atoms with van der Waals surface area (Å²) in [6, 6.07) is 0. The highest BCUT2D eigenvalue weighted by Gasteiger charge is 2.55. The predicted octanol–water partition coefficient (Wildman–Crippen LogP) is 8.89. The largest absolute Gasteiger partial charge is 0.0996 e. The molecule has 29 heavy (non-hydrogen) atoms. The molecule has 0 aromatic rings. The van der Waals surface area contributed by atoms with Gasteiger partial charge < -0.3 is 0 Å². The maximum atomic E-state index is 4.65. The lowest BCUT2D eigenvalue weighted by molar-refractivity contribution is 0.0366. The lowest BCUT2D eigenvalue weighted by Crippen LogP contribution is -2.47. The van der Waals surface area contributed by atoms with Crippen molar-refractivity contribution in [1.29, 1.82) is 0 Å². The van der Waals surface area contributed by atoms with Gasteiger partial charge in [-0.2, -0.15) is 0 Å². The number of hydrogen-bond acceptors (Lipinski definition) is 0. The summed E-state index contributed by atoms with van der Waals surface area (Å²) in [4.78, 5) is 0. The van der Waals surface area contributed by atoms with Crippen molar-refractivity contribution in [2.24, 2.45) is 40.4 Å². The molecule has 6 atom stereocenters. The molecular formula is C29H46. The summed E-state index contributed by atoms with van der Waals surface area (Å²) in [6.45, 7) is 21.4. The zero-order chi connectivity index (χ0) is 21.0. The summed E-state index contributed by atoms with van der Waals surface area (Å²) in [6.07, 6.45) is 15.2. The molecule has 4 rings (SSSR count). The monoisotopic (exact) mass is 394 g/mol. The van der Waals surface area contributed by atoms with Crippen LogP contribution in [-0.4, -0.2) is 0 Å². The smallest absolute Gasteiger partial charge is 0.00824 e. The summed E-state index contributed by atoms with van der Waals surface area (Å²) in [5, 5.41) is 0. The maximum Gasteiger partial charge on any atom is -0.00824 e. The van der Waals surface area contributed by atoms with Gasteiger partial charge in [-0.15, -0.1) is 0 Å². The Labute approximate surface area is 181 Å². The average Bonchev–Trinajstić information content (AvgIpc) is 3.03. The van der Waals surface area contributed by atoms with E-state index in [-0.39, 0.29) is 0 Å². The summed E-state index contributed by atoms with van der Waals surface area (Å²) in [5.74, 6) is 3.97. The molecule has 0 aromatic heterocycles. The zero-order valence-electron chi connectivity index (χ0n) is 20.1. The molecule has 0 spiro atoms. The van der Waals surface area contributed by atoms with Gasteiger partial charge >= 0.3 is 0 Å². The molecule has 0 aromatic carbocycles. The topological polar surface area (TPSA) is 0 Å². The van der Waals surface area contributed by atoms with Crippen LogP contribution in [0.1, 0.15) is 105 Å². The highest BCUT2D eigenvalue weighted by molar-refractivity contribution is 5.39. The van der Waals surface area contributed by atoms with Crippen LogP contribution >= 0.6 is 0 Å². The fourth-order valence-electron chi connectivity index (χ4n) is 8.41. The second kappa shape index (κ2) is 7.72. The minimum Gasteiger partial charge on any atom is -0.0996 e. The van der Waals surface area contributed by atoms with Gasteiger partial charge in [0.05, 0.1) is 0 Å². The van der Waals surface area contributed by atoms with Gasteiger partial charge in [0.2, 0.25) is 0 Å². The quantitative estimate of drug-likeness (QED) is 0.408. The van der Waals surface area contributed by atoms with Crippen molar-refractivity contribution in [2.75, 3.05) is 0 Å². The third-order valence-corrected chi connectivity index (χ3v) is 10.4. The molecule has 0 saturated heterocycles. The molecule has 0 N–H and O–H groups in total. The van der Waals surface area contributed by atoms with Gasteiger partial charge in [0.25, 0.3) is 0 Å². The minimum absolute atomic E-state index is 0.461. The lowest BCUT2D eigenvalue weighted by Gasteiger charge is -2.57. The summed E-state index contributed by atoms with van der Waals surface area (Å²) >= 11 is 0. The minimum atomic E-state index is 0.461. The molecular weight excluding hydrogens is 348 g/mol. The van der Waals surface area contributed by atoms with Crippen LogP contribution in [0.2, 0.25) is 0 Å². The molecule has 4 aliphatic rings. The average molecular weight is 395 g/mol. The Hall–Kier alpha value is -0.780. The Morgan fingerprint density at radius 1 is 1.03 bits per heavy atom. The second-order valence-corrected chi connectivity index (χ2v) is 12.1. The third kappa shape index (κ3) is 3.41. The van der Waals surface area contributed by atoms with Crippen molar-refractivity contribution < 1.29 is 0 Å². The van der Waals surface area contributed by atoms with Crippen LogP contribution in [0.15, 0.2) is 35.5 Å². The van der Waals surface area contributed by atoms with Gasteiger partial charge in [0.1, 0.15) is 0 Å². The predicted molar refractivity (Wildman–Crippen MR) is 127 cm³/mol. The number of allylic oxidation sites excluding steroid dienone is 4. The molecule has 4 aliphatic carbocycles. The van der Waals surface area contributed by atoms with E-state index in [0.29, 0.717) is 16.7 Å². The molecule has 6 unspecified atom stereocenters. The molecule has 0 heteroatoms. The van der Waals surface area contributed by atoms with Gasteiger partial charge in [-0.25, -0.2) is 0 Å². The van der Waals surface area contributed by atoms with E-state index in [1.54, 1.807) is 5.57 Å². The molecule has 3 saturated carbocycles. The summed E-state index contributed by atoms with van der Waals surface area (Å²) in [7, 11) is 0. The summed E-state index contributed by atoms with van der Waals surface area (Å²) in [5.41, 5.74) is 7.78. The number of hydrogen-bond donors (Lipinski definition) is 0. The highest BCUT2D eigenvalue weighted by Crippen LogP contribution is 2.66. The summed E-state index contributed by atoms with van der Waals surface area (Å²) < 4.78 is 0. The first-order chi connectivity index (χ1) is 13.7. The van der Waals surface area contributed by atoms with Gasteiger partial charge in [-0.05, 0) is 98.2 Å². The first kappa shape index (κ1) is 21.5. The molecule has 0 bridgehead atoms. The third-order valence-electron chi connectivity index (χ3n) is 10.4. The van der Waals surface area contributed by atoms with Crippen LogP contribution in [0.25, 0.3) is 0 Å². The molecule has 0 nitrogen and oxygen atoms in total. The van der Waals surface area contributed by atoms with Crippen LogP contribution in [0.5, 0.6) is 0 Å². The van der Waals surface area contributed by atoms with Crippen LogP contribution < -0.4 is 0 Å². The highest BCUT2D eigenvalue weighted by atomic mass is 14.6. The fraction of sp³-hybridized carbons (Fsp3) is 0.793. The van der Waals surface area contributed by atoms with Crippen molar-refractivity contribution in [3.8, 4) is 0 Å². The lowest BCUT2D eigenvalue weighted by atomic mass is 9.48. The van der Waals surface area contributed by atoms with Gasteiger partial charge in [0, 0.05) is 0 Å². The molecule has 0 aliphatic heterocycles. The Kier molecular flexibility index (Phi) is 5.71. The van der Waals surface area contributed by atoms with Crippen molar-refractivity contribution in [3.05, 3.63) is 35.5 Å². The second-order valence-electron chi connectivity index (χ2n) is 12.1. The maximum absolute atomic E-state index is 4.65. The first-order valence-electron chi connectivity index (χ1n) is 12.8. The molecule has 0 amide bonds. The standard InChI is InChI=1S/C29H46/c1-19(2)20(3)11-12-21(4)25-13-14-26-23-18-22(5)24-10-8-9-16-28(24,6)27(23)15-17-29(25,26)7/h19,21,24-25,27H,3,5,8-18H2,1-2,4,6-7H3. The Morgan fingerprint density at radius 3 is 2.52 bits per heavy atom. The van der Waals surface area contributed by atoms with Crippen molar-refractivity contribution >= 4 is 0 Å². The van der Waals surface area contributed by atoms with Crippen LogP contribution in [-0.2, 0) is 0 Å². The van der Waals surface area contributed by atoms with E-state index in [0.717, 1.165) is 23.7 Å². The molecule has 162 valence electrons. The van der Waals surface area contributed by atoms with E-state index in [1.165, 1.54) is 76.2 Å². The zero-order valence-corrected chi connectivity index (χ0v) is 20.1. The van der Waals surface area contributed by atoms with E-state index in [9.17, 15) is 0 Å². The van der Waals surface area contributed by atoms with Crippen LogP contribution in [0.3, 0.4) is 0 Å². The number of rotatable bonds is 5. The van der Waals surface area contributed by atoms with Crippen molar-refractivity contribution in [2.45, 2.75) is 105 Å². The van der Waals surface area contributed by atoms with Crippen LogP contribution in [0.4, 0.5) is 0 Å². The Morgan fingerprint density at radius 2 is 1.79 bits per heavy atom. The van der Waals surface area contributed by atoms with E-state index >= 15 is 0 Å². The SMILES string of the molecule is C=C(CCC(C)C1CCC2=C3CC(=C)C4CCCCC4(C)C3CCC21C)C(C)C. The van der Waals surface area contributed by atoms with Crippen molar-refractivity contribution in [1.82, 2.24) is 0 Å². The molecule has 0 radical (unpaired) electrons. The van der Waals surface area contributed by atoms with Gasteiger partial charge in [-0.1, -0.05) is 82.9 Å². The Bertz CT molecular complexity index is 706. The molecule has 0 heterocycles. The molecule has 3 fully saturated rings. The van der Waals surface area contributed by atoms with E-state index in [1.807, 2.05) is 11.1 Å².